The number of rotatable bonds is 5. The predicted octanol–water partition coefficient (Wildman–Crippen LogP) is 1.80. The van der Waals surface area contributed by atoms with Crippen molar-refractivity contribution in [2.75, 3.05) is 19.7 Å². The number of hydrogen-bond acceptors (Lipinski definition) is 2. The lowest BCUT2D eigenvalue weighted by molar-refractivity contribution is -0.0401. The van der Waals surface area contributed by atoms with Crippen molar-refractivity contribution in [2.45, 2.75) is 39.2 Å². The maximum atomic E-state index is 5.59. The summed E-state index contributed by atoms with van der Waals surface area (Å²) in [7, 11) is 0. The second kappa shape index (κ2) is 3.58. The van der Waals surface area contributed by atoms with Crippen molar-refractivity contribution in [1.82, 2.24) is 5.32 Å². The van der Waals surface area contributed by atoms with Crippen LogP contribution in [0.2, 0.25) is 0 Å². The molecule has 1 atom stereocenters. The van der Waals surface area contributed by atoms with Gasteiger partial charge >= 0.3 is 0 Å². The van der Waals surface area contributed by atoms with Gasteiger partial charge in [-0.05, 0) is 50.6 Å². The Kier molecular flexibility index (Phi) is 2.61. The van der Waals surface area contributed by atoms with Crippen molar-refractivity contribution in [3.05, 3.63) is 0 Å². The van der Waals surface area contributed by atoms with E-state index in [2.05, 4.69) is 19.2 Å². The SMILES string of the molecule is CCNCC1CC12CC(OCC)C2. The van der Waals surface area contributed by atoms with Crippen LogP contribution in [0, 0.1) is 11.3 Å². The molecule has 2 nitrogen and oxygen atoms in total. The molecule has 2 saturated carbocycles. The van der Waals surface area contributed by atoms with Gasteiger partial charge in [0.05, 0.1) is 6.10 Å². The molecule has 2 heteroatoms. The molecular formula is C11H21NO. The Hall–Kier alpha value is -0.0800. The van der Waals surface area contributed by atoms with Crippen LogP contribution in [0.4, 0.5) is 0 Å². The first kappa shape index (κ1) is 9.47. The van der Waals surface area contributed by atoms with Crippen molar-refractivity contribution >= 4 is 0 Å². The van der Waals surface area contributed by atoms with E-state index in [0.29, 0.717) is 6.10 Å². The van der Waals surface area contributed by atoms with Crippen molar-refractivity contribution < 1.29 is 4.74 Å². The van der Waals surface area contributed by atoms with E-state index in [0.717, 1.165) is 24.5 Å². The van der Waals surface area contributed by atoms with Gasteiger partial charge in [0.15, 0.2) is 0 Å². The maximum absolute atomic E-state index is 5.59. The van der Waals surface area contributed by atoms with E-state index in [9.17, 15) is 0 Å². The molecule has 0 aliphatic heterocycles. The molecule has 1 N–H and O–H groups in total. The average Bonchev–Trinajstić information content (AvgIpc) is 2.76. The molecule has 76 valence electrons. The zero-order chi connectivity index (χ0) is 9.31. The minimum absolute atomic E-state index is 0.594. The van der Waals surface area contributed by atoms with Crippen LogP contribution in [0.15, 0.2) is 0 Å². The molecule has 0 aromatic rings. The Balaban J connectivity index is 1.63. The van der Waals surface area contributed by atoms with Crippen molar-refractivity contribution in [3.63, 3.8) is 0 Å². The molecule has 13 heavy (non-hydrogen) atoms. The summed E-state index contributed by atoms with van der Waals surface area (Å²) in [5.74, 6) is 0.962. The Labute approximate surface area is 81.0 Å². The summed E-state index contributed by atoms with van der Waals surface area (Å²) in [5, 5.41) is 3.44. The van der Waals surface area contributed by atoms with E-state index < -0.39 is 0 Å². The molecule has 2 fully saturated rings. The van der Waals surface area contributed by atoms with Crippen LogP contribution in [0.3, 0.4) is 0 Å². The van der Waals surface area contributed by atoms with E-state index in [-0.39, 0.29) is 0 Å². The van der Waals surface area contributed by atoms with Crippen LogP contribution < -0.4 is 5.32 Å². The minimum Gasteiger partial charge on any atom is -0.378 e. The zero-order valence-corrected chi connectivity index (χ0v) is 8.81. The first-order valence-corrected chi connectivity index (χ1v) is 5.63. The summed E-state index contributed by atoms with van der Waals surface area (Å²) < 4.78 is 5.59. The highest BCUT2D eigenvalue weighted by molar-refractivity contribution is 5.11. The Morgan fingerprint density at radius 1 is 1.31 bits per heavy atom. The summed E-state index contributed by atoms with van der Waals surface area (Å²) >= 11 is 0. The van der Waals surface area contributed by atoms with Crippen molar-refractivity contribution in [2.24, 2.45) is 11.3 Å². The van der Waals surface area contributed by atoms with Crippen molar-refractivity contribution in [3.8, 4) is 0 Å². The zero-order valence-electron chi connectivity index (χ0n) is 8.81. The molecule has 1 spiro atoms. The summed E-state index contributed by atoms with van der Waals surface area (Å²) in [6.07, 6.45) is 4.70. The van der Waals surface area contributed by atoms with E-state index >= 15 is 0 Å². The topological polar surface area (TPSA) is 21.3 Å². The van der Waals surface area contributed by atoms with Crippen LogP contribution in [0.25, 0.3) is 0 Å². The molecule has 2 aliphatic carbocycles. The second-order valence-corrected chi connectivity index (χ2v) is 4.56. The lowest BCUT2D eigenvalue weighted by atomic mass is 9.77. The normalized spacial score (nSPS) is 42.0. The van der Waals surface area contributed by atoms with Gasteiger partial charge in [0.1, 0.15) is 0 Å². The fourth-order valence-electron chi connectivity index (χ4n) is 2.74. The van der Waals surface area contributed by atoms with E-state index in [1.807, 2.05) is 0 Å². The molecule has 0 bridgehead atoms. The summed E-state index contributed by atoms with van der Waals surface area (Å²) in [6, 6.07) is 0. The third kappa shape index (κ3) is 1.75. The Bertz CT molecular complexity index is 175. The summed E-state index contributed by atoms with van der Waals surface area (Å²) in [5.41, 5.74) is 0.724. The molecular weight excluding hydrogens is 162 g/mol. The first-order chi connectivity index (χ1) is 6.30. The van der Waals surface area contributed by atoms with Gasteiger partial charge < -0.3 is 10.1 Å². The molecule has 2 aliphatic rings. The molecule has 0 aromatic heterocycles. The number of ether oxygens (including phenoxy) is 1. The molecule has 1 unspecified atom stereocenters. The van der Waals surface area contributed by atoms with Gasteiger partial charge in [0, 0.05) is 6.61 Å². The van der Waals surface area contributed by atoms with Gasteiger partial charge in [-0.1, -0.05) is 6.92 Å². The van der Waals surface area contributed by atoms with Gasteiger partial charge in [-0.15, -0.1) is 0 Å². The molecule has 0 aromatic carbocycles. The van der Waals surface area contributed by atoms with Crippen LogP contribution >= 0.6 is 0 Å². The minimum atomic E-state index is 0.594. The van der Waals surface area contributed by atoms with Crippen LogP contribution in [-0.4, -0.2) is 25.8 Å². The van der Waals surface area contributed by atoms with Gasteiger partial charge in [-0.3, -0.25) is 0 Å². The van der Waals surface area contributed by atoms with E-state index in [4.69, 9.17) is 4.74 Å². The van der Waals surface area contributed by atoms with E-state index in [1.165, 1.54) is 25.8 Å². The molecule has 2 rings (SSSR count). The largest absolute Gasteiger partial charge is 0.378 e. The van der Waals surface area contributed by atoms with Gasteiger partial charge in [0.25, 0.3) is 0 Å². The van der Waals surface area contributed by atoms with E-state index in [1.54, 1.807) is 0 Å². The fourth-order valence-corrected chi connectivity index (χ4v) is 2.74. The van der Waals surface area contributed by atoms with Gasteiger partial charge in [-0.25, -0.2) is 0 Å². The molecule has 0 heterocycles. The van der Waals surface area contributed by atoms with Crippen molar-refractivity contribution in [1.29, 1.82) is 0 Å². The highest BCUT2D eigenvalue weighted by Gasteiger charge is 2.61. The lowest BCUT2D eigenvalue weighted by Crippen LogP contribution is -2.35. The quantitative estimate of drug-likeness (QED) is 0.702. The second-order valence-electron chi connectivity index (χ2n) is 4.56. The smallest absolute Gasteiger partial charge is 0.0585 e. The van der Waals surface area contributed by atoms with Crippen LogP contribution in [0.5, 0.6) is 0 Å². The first-order valence-electron chi connectivity index (χ1n) is 5.63. The summed E-state index contributed by atoms with van der Waals surface area (Å²) in [4.78, 5) is 0. The highest BCUT2D eigenvalue weighted by atomic mass is 16.5. The monoisotopic (exact) mass is 183 g/mol. The number of hydrogen-bond donors (Lipinski definition) is 1. The third-order valence-electron chi connectivity index (χ3n) is 3.67. The Morgan fingerprint density at radius 2 is 2.08 bits per heavy atom. The van der Waals surface area contributed by atoms with Gasteiger partial charge in [-0.2, -0.15) is 0 Å². The fraction of sp³-hybridized carbons (Fsp3) is 1.00. The molecule has 0 amide bonds. The maximum Gasteiger partial charge on any atom is 0.0585 e. The number of nitrogens with one attached hydrogen (secondary N) is 1. The average molecular weight is 183 g/mol. The molecule has 0 saturated heterocycles. The van der Waals surface area contributed by atoms with Crippen LogP contribution in [0.1, 0.15) is 33.1 Å². The Morgan fingerprint density at radius 3 is 2.69 bits per heavy atom. The highest BCUT2D eigenvalue weighted by Crippen LogP contribution is 2.65. The van der Waals surface area contributed by atoms with Crippen LogP contribution in [-0.2, 0) is 4.74 Å². The molecule has 0 radical (unpaired) electrons. The standard InChI is InChI=1S/C11H21NO/c1-3-12-8-9-5-11(9)6-10(7-11)13-4-2/h9-10,12H,3-8H2,1-2H3. The van der Waals surface area contributed by atoms with Gasteiger partial charge in [0.2, 0.25) is 0 Å². The third-order valence-corrected chi connectivity index (χ3v) is 3.67. The summed E-state index contributed by atoms with van der Waals surface area (Å²) in [6.45, 7) is 7.50. The predicted molar refractivity (Wildman–Crippen MR) is 53.7 cm³/mol. The lowest BCUT2D eigenvalue weighted by Gasteiger charge is -2.36.